The van der Waals surface area contributed by atoms with Gasteiger partial charge in [-0.25, -0.2) is 0 Å². The number of hydrogen-bond donors (Lipinski definition) is 1. The molecule has 0 atom stereocenters. The zero-order chi connectivity index (χ0) is 15.4. The van der Waals surface area contributed by atoms with Crippen LogP contribution in [0.3, 0.4) is 0 Å². The molecule has 1 saturated heterocycles. The van der Waals surface area contributed by atoms with Crippen LogP contribution in [0.4, 0.5) is 0 Å². The monoisotopic (exact) mass is 290 g/mol. The van der Waals surface area contributed by atoms with Crippen LogP contribution in [-0.4, -0.2) is 36.5 Å². The molecule has 1 aliphatic rings. The average molecular weight is 290 g/mol. The van der Waals surface area contributed by atoms with Crippen molar-refractivity contribution in [1.29, 1.82) is 0 Å². The fraction of sp³-hybridized carbons (Fsp3) is 0.588. The number of amides is 1. The second-order valence-corrected chi connectivity index (χ2v) is 6.18. The minimum Gasteiger partial charge on any atom is -0.484 e. The molecule has 0 spiro atoms. The van der Waals surface area contributed by atoms with Crippen molar-refractivity contribution >= 4 is 5.91 Å². The van der Waals surface area contributed by atoms with Crippen molar-refractivity contribution < 1.29 is 9.53 Å². The Kier molecular flexibility index (Phi) is 5.23. The molecule has 0 bridgehead atoms. The Morgan fingerprint density at radius 3 is 2.62 bits per heavy atom. The van der Waals surface area contributed by atoms with Crippen LogP contribution in [0.25, 0.3) is 0 Å². The number of piperidine rings is 1. The third-order valence-electron chi connectivity index (χ3n) is 4.12. The van der Waals surface area contributed by atoms with Gasteiger partial charge in [-0.15, -0.1) is 0 Å². The van der Waals surface area contributed by atoms with E-state index >= 15 is 0 Å². The molecule has 0 aromatic heterocycles. The molecule has 1 amide bonds. The summed E-state index contributed by atoms with van der Waals surface area (Å²) in [6, 6.07) is 6.28. The van der Waals surface area contributed by atoms with Gasteiger partial charge < -0.3 is 15.4 Å². The standard InChI is InChI=1S/C17H26N2O2/c1-12(2)16-5-4-15(10-13(16)3)21-11-17(20)19-8-6-14(18)7-9-19/h4-5,10,12,14H,6-9,11,18H2,1-3H3. The van der Waals surface area contributed by atoms with Gasteiger partial charge in [-0.3, -0.25) is 4.79 Å². The van der Waals surface area contributed by atoms with E-state index in [-0.39, 0.29) is 18.6 Å². The summed E-state index contributed by atoms with van der Waals surface area (Å²) in [6.45, 7) is 8.02. The summed E-state index contributed by atoms with van der Waals surface area (Å²) < 4.78 is 5.64. The van der Waals surface area contributed by atoms with Gasteiger partial charge in [0.25, 0.3) is 5.91 Å². The minimum atomic E-state index is 0.0486. The Morgan fingerprint density at radius 1 is 1.38 bits per heavy atom. The van der Waals surface area contributed by atoms with Crippen molar-refractivity contribution in [3.05, 3.63) is 29.3 Å². The van der Waals surface area contributed by atoms with Gasteiger partial charge >= 0.3 is 0 Å². The highest BCUT2D eigenvalue weighted by atomic mass is 16.5. The number of rotatable bonds is 4. The molecule has 116 valence electrons. The number of carbonyl (C=O) groups is 1. The van der Waals surface area contributed by atoms with Crippen LogP contribution < -0.4 is 10.5 Å². The third-order valence-corrected chi connectivity index (χ3v) is 4.12. The molecular weight excluding hydrogens is 264 g/mol. The Labute approximate surface area is 127 Å². The summed E-state index contributed by atoms with van der Waals surface area (Å²) in [5, 5.41) is 0. The number of aryl methyl sites for hydroxylation is 1. The molecule has 0 aliphatic carbocycles. The summed E-state index contributed by atoms with van der Waals surface area (Å²) in [6.07, 6.45) is 1.77. The molecular formula is C17H26N2O2. The molecule has 1 fully saturated rings. The van der Waals surface area contributed by atoms with E-state index in [1.807, 2.05) is 17.0 Å². The van der Waals surface area contributed by atoms with Gasteiger partial charge in [-0.2, -0.15) is 0 Å². The van der Waals surface area contributed by atoms with Crippen molar-refractivity contribution in [3.8, 4) is 5.75 Å². The first-order valence-electron chi connectivity index (χ1n) is 7.74. The molecule has 1 heterocycles. The number of likely N-dealkylation sites (tertiary alicyclic amines) is 1. The Hall–Kier alpha value is -1.55. The molecule has 1 aromatic carbocycles. The highest BCUT2D eigenvalue weighted by molar-refractivity contribution is 5.77. The Balaban J connectivity index is 1.88. The Morgan fingerprint density at radius 2 is 2.05 bits per heavy atom. The lowest BCUT2D eigenvalue weighted by atomic mass is 9.98. The number of benzene rings is 1. The van der Waals surface area contributed by atoms with Crippen molar-refractivity contribution in [3.63, 3.8) is 0 Å². The summed E-state index contributed by atoms with van der Waals surface area (Å²) in [5.74, 6) is 1.31. The third kappa shape index (κ3) is 4.21. The maximum atomic E-state index is 12.1. The molecule has 4 heteroatoms. The average Bonchev–Trinajstić information content (AvgIpc) is 2.45. The van der Waals surface area contributed by atoms with Crippen LogP contribution in [0.1, 0.15) is 43.7 Å². The predicted octanol–water partition coefficient (Wildman–Crippen LogP) is 2.45. The largest absolute Gasteiger partial charge is 0.484 e. The maximum Gasteiger partial charge on any atom is 0.260 e. The SMILES string of the molecule is Cc1cc(OCC(=O)N2CCC(N)CC2)ccc1C(C)C. The van der Waals surface area contributed by atoms with E-state index in [4.69, 9.17) is 10.5 Å². The fourth-order valence-electron chi connectivity index (χ4n) is 2.77. The predicted molar refractivity (Wildman–Crippen MR) is 84.6 cm³/mol. The minimum absolute atomic E-state index is 0.0486. The second-order valence-electron chi connectivity index (χ2n) is 6.18. The zero-order valence-electron chi connectivity index (χ0n) is 13.3. The highest BCUT2D eigenvalue weighted by Crippen LogP contribution is 2.23. The van der Waals surface area contributed by atoms with Gasteiger partial charge in [0.05, 0.1) is 0 Å². The number of nitrogens with two attached hydrogens (primary N) is 1. The maximum absolute atomic E-state index is 12.1. The molecule has 2 N–H and O–H groups in total. The summed E-state index contributed by atoms with van der Waals surface area (Å²) in [5.41, 5.74) is 8.37. The van der Waals surface area contributed by atoms with E-state index in [1.54, 1.807) is 0 Å². The molecule has 2 rings (SSSR count). The van der Waals surface area contributed by atoms with Crippen LogP contribution >= 0.6 is 0 Å². The van der Waals surface area contributed by atoms with Gasteiger partial charge in [0.15, 0.2) is 6.61 Å². The van der Waals surface area contributed by atoms with Crippen LogP contribution in [0, 0.1) is 6.92 Å². The lowest BCUT2D eigenvalue weighted by molar-refractivity contribution is -0.134. The van der Waals surface area contributed by atoms with E-state index in [9.17, 15) is 4.79 Å². The van der Waals surface area contributed by atoms with Gasteiger partial charge in [-0.05, 0) is 48.9 Å². The lowest BCUT2D eigenvalue weighted by Gasteiger charge is -2.30. The molecule has 0 unspecified atom stereocenters. The molecule has 0 saturated carbocycles. The quantitative estimate of drug-likeness (QED) is 0.926. The molecule has 4 nitrogen and oxygen atoms in total. The zero-order valence-corrected chi connectivity index (χ0v) is 13.3. The van der Waals surface area contributed by atoms with Gasteiger partial charge in [0.1, 0.15) is 5.75 Å². The number of hydrogen-bond acceptors (Lipinski definition) is 3. The second kappa shape index (κ2) is 6.94. The van der Waals surface area contributed by atoms with Gasteiger partial charge in [-0.1, -0.05) is 19.9 Å². The molecule has 1 aliphatic heterocycles. The summed E-state index contributed by atoms with van der Waals surface area (Å²) in [4.78, 5) is 13.9. The van der Waals surface area contributed by atoms with Crippen molar-refractivity contribution in [2.45, 2.75) is 45.6 Å². The molecule has 0 radical (unpaired) electrons. The number of ether oxygens (including phenoxy) is 1. The van der Waals surface area contributed by atoms with Crippen LogP contribution in [0.15, 0.2) is 18.2 Å². The summed E-state index contributed by atoms with van der Waals surface area (Å²) >= 11 is 0. The van der Waals surface area contributed by atoms with E-state index in [0.29, 0.717) is 5.92 Å². The smallest absolute Gasteiger partial charge is 0.260 e. The van der Waals surface area contributed by atoms with E-state index < -0.39 is 0 Å². The first-order valence-corrected chi connectivity index (χ1v) is 7.74. The molecule has 1 aromatic rings. The van der Waals surface area contributed by atoms with Crippen LogP contribution in [0.5, 0.6) is 5.75 Å². The van der Waals surface area contributed by atoms with Crippen LogP contribution in [-0.2, 0) is 4.79 Å². The Bertz CT molecular complexity index is 492. The molecule has 21 heavy (non-hydrogen) atoms. The first kappa shape index (κ1) is 15.8. The normalized spacial score (nSPS) is 16.3. The fourth-order valence-corrected chi connectivity index (χ4v) is 2.77. The van der Waals surface area contributed by atoms with Crippen molar-refractivity contribution in [1.82, 2.24) is 4.90 Å². The highest BCUT2D eigenvalue weighted by Gasteiger charge is 2.20. The van der Waals surface area contributed by atoms with E-state index in [0.717, 1.165) is 31.7 Å². The van der Waals surface area contributed by atoms with Crippen molar-refractivity contribution in [2.24, 2.45) is 5.73 Å². The van der Waals surface area contributed by atoms with Crippen molar-refractivity contribution in [2.75, 3.05) is 19.7 Å². The first-order chi connectivity index (χ1) is 9.97. The summed E-state index contributed by atoms with van der Waals surface area (Å²) in [7, 11) is 0. The van der Waals surface area contributed by atoms with Crippen LogP contribution in [0.2, 0.25) is 0 Å². The van der Waals surface area contributed by atoms with E-state index in [1.165, 1.54) is 11.1 Å². The lowest BCUT2D eigenvalue weighted by Crippen LogP contribution is -2.44. The van der Waals surface area contributed by atoms with Gasteiger partial charge in [0, 0.05) is 19.1 Å². The number of carbonyl (C=O) groups excluding carboxylic acids is 1. The topological polar surface area (TPSA) is 55.6 Å². The number of nitrogens with zero attached hydrogens (tertiary/aromatic N) is 1. The van der Waals surface area contributed by atoms with E-state index in [2.05, 4.69) is 26.8 Å². The van der Waals surface area contributed by atoms with Gasteiger partial charge in [0.2, 0.25) is 0 Å².